The van der Waals surface area contributed by atoms with Crippen molar-refractivity contribution in [1.29, 1.82) is 0 Å². The van der Waals surface area contributed by atoms with Crippen molar-refractivity contribution in [2.75, 3.05) is 11.5 Å². The van der Waals surface area contributed by atoms with E-state index in [9.17, 15) is 17.6 Å². The zero-order valence-electron chi connectivity index (χ0n) is 11.9. The zero-order valence-corrected chi connectivity index (χ0v) is 12.8. The van der Waals surface area contributed by atoms with Crippen LogP contribution in [0, 0.1) is 11.7 Å². The van der Waals surface area contributed by atoms with Crippen LogP contribution in [0.5, 0.6) is 0 Å². The molecule has 122 valence electrons. The second-order valence-electron chi connectivity index (χ2n) is 5.23. The summed E-state index contributed by atoms with van der Waals surface area (Å²) >= 11 is 0. The molecule has 0 bridgehead atoms. The molecule has 1 aromatic carbocycles. The van der Waals surface area contributed by atoms with Gasteiger partial charge in [0, 0.05) is 5.56 Å². The van der Waals surface area contributed by atoms with Crippen LogP contribution in [-0.4, -0.2) is 36.0 Å². The van der Waals surface area contributed by atoms with E-state index >= 15 is 0 Å². The molecule has 0 aliphatic carbocycles. The third-order valence-electron chi connectivity index (χ3n) is 3.47. The molecule has 0 saturated carbocycles. The number of carbonyl (C=O) groups is 1. The number of ether oxygens (including phenoxy) is 1. The number of rotatable bonds is 4. The van der Waals surface area contributed by atoms with Crippen molar-refractivity contribution < 1.29 is 26.9 Å². The summed E-state index contributed by atoms with van der Waals surface area (Å²) < 4.78 is 45.5. The first-order valence-corrected chi connectivity index (χ1v) is 8.71. The van der Waals surface area contributed by atoms with Crippen molar-refractivity contribution in [3.63, 3.8) is 0 Å². The van der Waals surface area contributed by atoms with Crippen molar-refractivity contribution in [1.82, 2.24) is 10.1 Å². The summed E-state index contributed by atoms with van der Waals surface area (Å²) in [6.45, 7) is -0.233. The summed E-state index contributed by atoms with van der Waals surface area (Å²) in [6.07, 6.45) is 0.270. The number of aromatic nitrogens is 2. The van der Waals surface area contributed by atoms with Gasteiger partial charge >= 0.3 is 5.97 Å². The first-order valence-electron chi connectivity index (χ1n) is 6.88. The average Bonchev–Trinajstić information content (AvgIpc) is 3.12. The van der Waals surface area contributed by atoms with Crippen molar-refractivity contribution in [2.24, 2.45) is 5.92 Å². The average molecular weight is 340 g/mol. The van der Waals surface area contributed by atoms with Gasteiger partial charge in [0.2, 0.25) is 5.82 Å². The second kappa shape index (κ2) is 6.07. The highest BCUT2D eigenvalue weighted by Gasteiger charge is 2.34. The lowest BCUT2D eigenvalue weighted by Gasteiger charge is -2.06. The van der Waals surface area contributed by atoms with E-state index in [2.05, 4.69) is 10.1 Å². The van der Waals surface area contributed by atoms with E-state index in [1.54, 1.807) is 0 Å². The molecule has 7 nitrogen and oxygen atoms in total. The zero-order chi connectivity index (χ0) is 16.4. The predicted molar refractivity (Wildman–Crippen MR) is 76.2 cm³/mol. The molecule has 3 rings (SSSR count). The molecule has 9 heteroatoms. The van der Waals surface area contributed by atoms with Crippen molar-refractivity contribution in [3.05, 3.63) is 36.0 Å². The molecule has 0 spiro atoms. The van der Waals surface area contributed by atoms with Crippen LogP contribution in [0.25, 0.3) is 11.4 Å². The Hall–Kier alpha value is -2.29. The van der Waals surface area contributed by atoms with Crippen LogP contribution < -0.4 is 0 Å². The summed E-state index contributed by atoms with van der Waals surface area (Å²) in [5.74, 6) is -1.46. The van der Waals surface area contributed by atoms with E-state index in [0.29, 0.717) is 5.56 Å². The third-order valence-corrected chi connectivity index (χ3v) is 5.24. The van der Waals surface area contributed by atoms with E-state index < -0.39 is 21.7 Å². The van der Waals surface area contributed by atoms with Crippen LogP contribution in [0.3, 0.4) is 0 Å². The molecular weight excluding hydrogens is 327 g/mol. The van der Waals surface area contributed by atoms with E-state index in [1.807, 2.05) is 0 Å². The summed E-state index contributed by atoms with van der Waals surface area (Å²) in [5.41, 5.74) is 0.564. The fourth-order valence-electron chi connectivity index (χ4n) is 2.26. The number of sulfone groups is 1. The first kappa shape index (κ1) is 15.6. The number of benzene rings is 1. The molecule has 0 N–H and O–H groups in total. The van der Waals surface area contributed by atoms with Crippen LogP contribution >= 0.6 is 0 Å². The molecular formula is C14H13FN2O5S. The smallest absolute Gasteiger partial charge is 0.310 e. The van der Waals surface area contributed by atoms with Crippen molar-refractivity contribution >= 4 is 15.8 Å². The molecule has 0 radical (unpaired) electrons. The molecule has 1 aliphatic heterocycles. The van der Waals surface area contributed by atoms with Gasteiger partial charge in [-0.15, -0.1) is 0 Å². The standard InChI is InChI=1S/C14H13FN2O5S/c15-11-3-1-9(2-4-11)13-16-12(22-17-13)7-21-14(18)10-5-6-23(19,20)8-10/h1-4,10H,5-8H2. The van der Waals surface area contributed by atoms with E-state index in [1.165, 1.54) is 24.3 Å². The van der Waals surface area contributed by atoms with Crippen molar-refractivity contribution in [3.8, 4) is 11.4 Å². The Morgan fingerprint density at radius 3 is 2.74 bits per heavy atom. The van der Waals surface area contributed by atoms with E-state index in [-0.39, 0.29) is 42.1 Å². The Morgan fingerprint density at radius 2 is 2.09 bits per heavy atom. The number of carbonyl (C=O) groups excluding carboxylic acids is 1. The van der Waals surface area contributed by atoms with Crippen LogP contribution in [0.1, 0.15) is 12.3 Å². The fraction of sp³-hybridized carbons (Fsp3) is 0.357. The van der Waals surface area contributed by atoms with Gasteiger partial charge < -0.3 is 9.26 Å². The maximum absolute atomic E-state index is 12.9. The van der Waals surface area contributed by atoms with Gasteiger partial charge in [-0.3, -0.25) is 4.79 Å². The monoisotopic (exact) mass is 340 g/mol. The Bertz CT molecular complexity index is 816. The van der Waals surface area contributed by atoms with Crippen LogP contribution in [0.4, 0.5) is 4.39 Å². The molecule has 1 aromatic heterocycles. The van der Waals surface area contributed by atoms with Gasteiger partial charge in [-0.25, -0.2) is 12.8 Å². The van der Waals surface area contributed by atoms with Gasteiger partial charge in [0.05, 0.1) is 17.4 Å². The minimum absolute atomic E-state index is 0.00202. The minimum atomic E-state index is -3.14. The lowest BCUT2D eigenvalue weighted by atomic mass is 10.1. The van der Waals surface area contributed by atoms with Crippen molar-refractivity contribution in [2.45, 2.75) is 13.0 Å². The van der Waals surface area contributed by atoms with Crippen LogP contribution in [0.15, 0.2) is 28.8 Å². The molecule has 1 fully saturated rings. The number of nitrogens with zero attached hydrogens (tertiary/aromatic N) is 2. The van der Waals surface area contributed by atoms with Gasteiger partial charge in [-0.2, -0.15) is 4.98 Å². The predicted octanol–water partition coefficient (Wildman–Crippen LogP) is 1.35. The first-order chi connectivity index (χ1) is 10.9. The SMILES string of the molecule is O=C(OCc1nc(-c2ccc(F)cc2)no1)C1CCS(=O)(=O)C1. The third kappa shape index (κ3) is 3.73. The molecule has 2 heterocycles. The van der Waals surface area contributed by atoms with Gasteiger partial charge in [-0.1, -0.05) is 5.16 Å². The maximum atomic E-state index is 12.9. The number of hydrogen-bond donors (Lipinski definition) is 0. The Balaban J connectivity index is 1.59. The molecule has 23 heavy (non-hydrogen) atoms. The van der Waals surface area contributed by atoms with E-state index in [0.717, 1.165) is 0 Å². The number of halogens is 1. The van der Waals surface area contributed by atoms with Gasteiger partial charge in [0.1, 0.15) is 5.82 Å². The fourth-order valence-corrected chi connectivity index (χ4v) is 3.99. The van der Waals surface area contributed by atoms with Crippen LogP contribution in [-0.2, 0) is 26.0 Å². The van der Waals surface area contributed by atoms with Crippen LogP contribution in [0.2, 0.25) is 0 Å². The molecule has 1 aliphatic rings. The lowest BCUT2D eigenvalue weighted by molar-refractivity contribution is -0.149. The Morgan fingerprint density at radius 1 is 1.35 bits per heavy atom. The minimum Gasteiger partial charge on any atom is -0.455 e. The summed E-state index contributed by atoms with van der Waals surface area (Å²) in [5, 5.41) is 3.72. The van der Waals surface area contributed by atoms with E-state index in [4.69, 9.17) is 9.26 Å². The highest BCUT2D eigenvalue weighted by molar-refractivity contribution is 7.91. The highest BCUT2D eigenvalue weighted by atomic mass is 32.2. The Labute approximate surface area is 131 Å². The normalized spacial score (nSPS) is 19.6. The lowest BCUT2D eigenvalue weighted by Crippen LogP contribution is -2.18. The topological polar surface area (TPSA) is 99.4 Å². The summed E-state index contributed by atoms with van der Waals surface area (Å²) in [7, 11) is -3.14. The summed E-state index contributed by atoms with van der Waals surface area (Å²) in [6, 6.07) is 5.54. The molecule has 2 aromatic rings. The molecule has 1 atom stereocenters. The van der Waals surface area contributed by atoms with Gasteiger partial charge in [0.15, 0.2) is 16.4 Å². The number of esters is 1. The summed E-state index contributed by atoms with van der Waals surface area (Å²) in [4.78, 5) is 15.8. The maximum Gasteiger partial charge on any atom is 0.310 e. The molecule has 1 unspecified atom stereocenters. The number of hydrogen-bond acceptors (Lipinski definition) is 7. The molecule has 0 amide bonds. The highest BCUT2D eigenvalue weighted by Crippen LogP contribution is 2.21. The molecule has 1 saturated heterocycles. The van der Waals surface area contributed by atoms with Gasteiger partial charge in [0.25, 0.3) is 5.89 Å². The second-order valence-corrected chi connectivity index (χ2v) is 7.46. The Kier molecular flexibility index (Phi) is 4.12. The quantitative estimate of drug-likeness (QED) is 0.775. The largest absolute Gasteiger partial charge is 0.455 e. The van der Waals surface area contributed by atoms with Gasteiger partial charge in [-0.05, 0) is 30.7 Å².